The van der Waals surface area contributed by atoms with E-state index in [1.165, 1.54) is 18.5 Å². The van der Waals surface area contributed by atoms with Gasteiger partial charge in [0.1, 0.15) is 5.75 Å². The number of nitrogen functional groups attached to an aromatic ring is 1. The molecule has 1 aromatic carbocycles. The van der Waals surface area contributed by atoms with Crippen molar-refractivity contribution in [1.82, 2.24) is 0 Å². The van der Waals surface area contributed by atoms with E-state index >= 15 is 0 Å². The second-order valence-electron chi connectivity index (χ2n) is 6.78. The first-order valence-electron chi connectivity index (χ1n) is 7.69. The number of benzene rings is 1. The maximum Gasteiger partial charge on any atom is 0.144 e. The number of nitrogens with zero attached hydrogens (tertiary/aromatic N) is 1. The van der Waals surface area contributed by atoms with Crippen molar-refractivity contribution in [2.24, 2.45) is 11.3 Å². The number of rotatable bonds is 3. The fourth-order valence-corrected chi connectivity index (χ4v) is 3.00. The molecule has 0 bridgehead atoms. The molecule has 1 fully saturated rings. The van der Waals surface area contributed by atoms with E-state index < -0.39 is 0 Å². The predicted octanol–water partition coefficient (Wildman–Crippen LogP) is 3.93. The van der Waals surface area contributed by atoms with Gasteiger partial charge in [0.2, 0.25) is 0 Å². The summed E-state index contributed by atoms with van der Waals surface area (Å²) >= 11 is 0. The lowest BCUT2D eigenvalue weighted by Crippen LogP contribution is -2.38. The zero-order valence-electron chi connectivity index (χ0n) is 13.3. The molecule has 1 aromatic rings. The monoisotopic (exact) mass is 276 g/mol. The number of anilines is 2. The summed E-state index contributed by atoms with van der Waals surface area (Å²) in [5, 5.41) is 0. The third-order valence-corrected chi connectivity index (χ3v) is 4.38. The van der Waals surface area contributed by atoms with Crippen LogP contribution in [0.25, 0.3) is 0 Å². The van der Waals surface area contributed by atoms with Crippen molar-refractivity contribution >= 4 is 11.4 Å². The lowest BCUT2D eigenvalue weighted by atomic mass is 9.75. The minimum atomic E-state index is 0.420. The highest BCUT2D eigenvalue weighted by Gasteiger charge is 2.28. The summed E-state index contributed by atoms with van der Waals surface area (Å²) in [5.41, 5.74) is 8.31. The van der Waals surface area contributed by atoms with Gasteiger partial charge in [0, 0.05) is 24.8 Å². The Hall–Kier alpha value is -1.38. The fraction of sp³-hybridized carbons (Fsp3) is 0.647. The van der Waals surface area contributed by atoms with Gasteiger partial charge in [-0.15, -0.1) is 0 Å². The Morgan fingerprint density at radius 3 is 2.45 bits per heavy atom. The smallest absolute Gasteiger partial charge is 0.144 e. The summed E-state index contributed by atoms with van der Waals surface area (Å²) in [6.45, 7) is 11.9. The molecule has 112 valence electrons. The Bertz CT molecular complexity index is 443. The van der Waals surface area contributed by atoms with Crippen molar-refractivity contribution < 1.29 is 4.74 Å². The highest BCUT2D eigenvalue weighted by Crippen LogP contribution is 2.36. The van der Waals surface area contributed by atoms with Crippen molar-refractivity contribution in [1.29, 1.82) is 0 Å². The third-order valence-electron chi connectivity index (χ3n) is 4.38. The van der Waals surface area contributed by atoms with Crippen LogP contribution in [0.1, 0.15) is 40.5 Å². The van der Waals surface area contributed by atoms with Crippen molar-refractivity contribution in [2.75, 3.05) is 30.3 Å². The lowest BCUT2D eigenvalue weighted by molar-refractivity contribution is 0.199. The SMILES string of the molecule is CCOc1cc(N2CCC(C(C)(C)C)CC2)ccc1N. The molecule has 0 unspecified atom stereocenters. The molecule has 1 heterocycles. The van der Waals surface area contributed by atoms with Gasteiger partial charge >= 0.3 is 0 Å². The molecular formula is C17H28N2O. The molecule has 0 atom stereocenters. The summed E-state index contributed by atoms with van der Waals surface area (Å²) in [4.78, 5) is 2.45. The zero-order chi connectivity index (χ0) is 14.8. The Kier molecular flexibility index (Phi) is 4.46. The van der Waals surface area contributed by atoms with Crippen molar-refractivity contribution in [3.8, 4) is 5.75 Å². The number of hydrogen-bond donors (Lipinski definition) is 1. The van der Waals surface area contributed by atoms with Crippen LogP contribution in [0.3, 0.4) is 0 Å². The van der Waals surface area contributed by atoms with Crippen LogP contribution in [0.5, 0.6) is 5.75 Å². The highest BCUT2D eigenvalue weighted by atomic mass is 16.5. The summed E-state index contributed by atoms with van der Waals surface area (Å²) in [6, 6.07) is 6.14. The largest absolute Gasteiger partial charge is 0.492 e. The van der Waals surface area contributed by atoms with E-state index in [1.54, 1.807) is 0 Å². The molecule has 1 aliphatic rings. The molecule has 3 heteroatoms. The van der Waals surface area contributed by atoms with Gasteiger partial charge in [-0.1, -0.05) is 20.8 Å². The van der Waals surface area contributed by atoms with Crippen molar-refractivity contribution in [3.05, 3.63) is 18.2 Å². The number of nitrogens with two attached hydrogens (primary N) is 1. The number of ether oxygens (including phenoxy) is 1. The van der Waals surface area contributed by atoms with Gasteiger partial charge < -0.3 is 15.4 Å². The Morgan fingerprint density at radius 2 is 1.90 bits per heavy atom. The van der Waals surface area contributed by atoms with Crippen LogP contribution in [-0.4, -0.2) is 19.7 Å². The van der Waals surface area contributed by atoms with E-state index in [1.807, 2.05) is 13.0 Å². The van der Waals surface area contributed by atoms with Crippen LogP contribution in [0.15, 0.2) is 18.2 Å². The van der Waals surface area contributed by atoms with E-state index in [-0.39, 0.29) is 0 Å². The molecule has 0 radical (unpaired) electrons. The molecular weight excluding hydrogens is 248 g/mol. The van der Waals surface area contributed by atoms with E-state index in [2.05, 4.69) is 37.8 Å². The standard InChI is InChI=1S/C17H28N2O/c1-5-20-16-12-14(6-7-15(16)18)19-10-8-13(9-11-19)17(2,3)4/h6-7,12-13H,5,8-11,18H2,1-4H3. The second kappa shape index (κ2) is 5.94. The number of piperidine rings is 1. The Labute approximate surface area is 123 Å². The maximum absolute atomic E-state index is 5.94. The van der Waals surface area contributed by atoms with Crippen LogP contribution >= 0.6 is 0 Å². The van der Waals surface area contributed by atoms with E-state index in [4.69, 9.17) is 10.5 Å². The van der Waals surface area contributed by atoms with Crippen LogP contribution in [0, 0.1) is 11.3 Å². The first-order valence-corrected chi connectivity index (χ1v) is 7.69. The second-order valence-corrected chi connectivity index (χ2v) is 6.78. The molecule has 1 saturated heterocycles. The summed E-state index contributed by atoms with van der Waals surface area (Å²) in [5.74, 6) is 1.63. The molecule has 0 spiro atoms. The molecule has 20 heavy (non-hydrogen) atoms. The maximum atomic E-state index is 5.94. The molecule has 2 rings (SSSR count). The van der Waals surface area contributed by atoms with E-state index in [0.717, 1.165) is 30.4 Å². The molecule has 0 aromatic heterocycles. The molecule has 1 aliphatic heterocycles. The van der Waals surface area contributed by atoms with Gasteiger partial charge in [0.25, 0.3) is 0 Å². The first-order chi connectivity index (χ1) is 9.41. The fourth-order valence-electron chi connectivity index (χ4n) is 3.00. The predicted molar refractivity (Wildman–Crippen MR) is 86.4 cm³/mol. The Morgan fingerprint density at radius 1 is 1.25 bits per heavy atom. The quantitative estimate of drug-likeness (QED) is 0.850. The van der Waals surface area contributed by atoms with E-state index in [9.17, 15) is 0 Å². The van der Waals surface area contributed by atoms with Crippen LogP contribution in [-0.2, 0) is 0 Å². The third kappa shape index (κ3) is 3.38. The molecule has 3 nitrogen and oxygen atoms in total. The Balaban J connectivity index is 2.05. The minimum absolute atomic E-state index is 0.420. The molecule has 0 saturated carbocycles. The minimum Gasteiger partial charge on any atom is -0.492 e. The molecule has 2 N–H and O–H groups in total. The van der Waals surface area contributed by atoms with Gasteiger partial charge in [-0.25, -0.2) is 0 Å². The van der Waals surface area contributed by atoms with Crippen LogP contribution in [0.4, 0.5) is 11.4 Å². The van der Waals surface area contributed by atoms with Crippen molar-refractivity contribution in [3.63, 3.8) is 0 Å². The summed E-state index contributed by atoms with van der Waals surface area (Å²) in [6.07, 6.45) is 2.52. The summed E-state index contributed by atoms with van der Waals surface area (Å²) < 4.78 is 5.59. The van der Waals surface area contributed by atoms with E-state index in [0.29, 0.717) is 12.0 Å². The van der Waals surface area contributed by atoms with Gasteiger partial charge in [-0.3, -0.25) is 0 Å². The lowest BCUT2D eigenvalue weighted by Gasteiger charge is -2.39. The summed E-state index contributed by atoms with van der Waals surface area (Å²) in [7, 11) is 0. The average Bonchev–Trinajstić information content (AvgIpc) is 2.41. The average molecular weight is 276 g/mol. The van der Waals surface area contributed by atoms with Crippen LogP contribution in [0.2, 0.25) is 0 Å². The zero-order valence-corrected chi connectivity index (χ0v) is 13.3. The van der Waals surface area contributed by atoms with Gasteiger partial charge in [0.05, 0.1) is 12.3 Å². The highest BCUT2D eigenvalue weighted by molar-refractivity contribution is 5.62. The van der Waals surface area contributed by atoms with Gasteiger partial charge in [-0.2, -0.15) is 0 Å². The van der Waals surface area contributed by atoms with Crippen LogP contribution < -0.4 is 15.4 Å². The van der Waals surface area contributed by atoms with Gasteiger partial charge in [-0.05, 0) is 43.2 Å². The van der Waals surface area contributed by atoms with Crippen molar-refractivity contribution in [2.45, 2.75) is 40.5 Å². The molecule has 0 amide bonds. The molecule has 0 aliphatic carbocycles. The topological polar surface area (TPSA) is 38.5 Å². The van der Waals surface area contributed by atoms with Gasteiger partial charge in [0.15, 0.2) is 0 Å². The first kappa shape index (κ1) is 15.0. The normalized spacial score (nSPS) is 17.3. The number of hydrogen-bond acceptors (Lipinski definition) is 3.